The molecule has 0 fully saturated rings. The number of hydrogen-bond acceptors (Lipinski definition) is 4. The van der Waals surface area contributed by atoms with Crippen molar-refractivity contribution in [1.29, 1.82) is 0 Å². The molecule has 0 aliphatic carbocycles. The van der Waals surface area contributed by atoms with E-state index in [4.69, 9.17) is 4.74 Å². The molecule has 0 aliphatic heterocycles. The summed E-state index contributed by atoms with van der Waals surface area (Å²) in [5.74, 6) is 1.22. The number of nitrogens with zero attached hydrogens (tertiary/aromatic N) is 3. The number of amides is 1. The van der Waals surface area contributed by atoms with E-state index >= 15 is 0 Å². The van der Waals surface area contributed by atoms with Gasteiger partial charge in [0, 0.05) is 35.9 Å². The smallest absolute Gasteiger partial charge is 0.246 e. The van der Waals surface area contributed by atoms with Crippen molar-refractivity contribution in [2.75, 3.05) is 5.32 Å². The molecule has 0 saturated carbocycles. The average Bonchev–Trinajstić information content (AvgIpc) is 3.17. The molecule has 2 aromatic carbocycles. The van der Waals surface area contributed by atoms with Gasteiger partial charge in [-0.15, -0.1) is 0 Å². The molecule has 0 saturated heterocycles. The Morgan fingerprint density at radius 1 is 0.893 bits per heavy atom. The highest BCUT2D eigenvalue weighted by Gasteiger charge is 2.10. The maximum absolute atomic E-state index is 12.5. The van der Waals surface area contributed by atoms with Crippen molar-refractivity contribution in [2.45, 2.75) is 6.54 Å². The van der Waals surface area contributed by atoms with Gasteiger partial charge in [-0.05, 0) is 42.5 Å². The monoisotopic (exact) mass is 370 g/mol. The molecule has 1 amide bonds. The number of nitrogens with one attached hydrogen (secondary N) is 1. The number of hydrogen-bond donors (Lipinski definition) is 1. The van der Waals surface area contributed by atoms with Crippen molar-refractivity contribution in [3.05, 3.63) is 91.4 Å². The molecule has 6 heteroatoms. The molecule has 0 unspecified atom stereocenters. The first kappa shape index (κ1) is 17.5. The van der Waals surface area contributed by atoms with E-state index in [0.29, 0.717) is 11.4 Å². The summed E-state index contributed by atoms with van der Waals surface area (Å²) < 4.78 is 7.47. The van der Waals surface area contributed by atoms with Crippen LogP contribution in [0, 0.1) is 0 Å². The van der Waals surface area contributed by atoms with Crippen LogP contribution >= 0.6 is 0 Å². The van der Waals surface area contributed by atoms with Crippen LogP contribution in [0.5, 0.6) is 11.5 Å². The zero-order valence-corrected chi connectivity index (χ0v) is 15.0. The third-order valence-corrected chi connectivity index (χ3v) is 4.08. The molecule has 0 spiro atoms. The third-order valence-electron chi connectivity index (χ3n) is 4.08. The molecule has 138 valence electrons. The van der Waals surface area contributed by atoms with E-state index in [9.17, 15) is 4.79 Å². The highest BCUT2D eigenvalue weighted by Crippen LogP contribution is 2.24. The maximum Gasteiger partial charge on any atom is 0.246 e. The van der Waals surface area contributed by atoms with Crippen LogP contribution in [0.2, 0.25) is 0 Å². The Bertz CT molecular complexity index is 1060. The summed E-state index contributed by atoms with van der Waals surface area (Å²) in [6.45, 7) is 0.106. The van der Waals surface area contributed by atoms with Crippen molar-refractivity contribution < 1.29 is 9.53 Å². The standard InChI is InChI=1S/C22H18N4O2/c27-22(16-26-21(11-14-24-26)17-9-12-23-13-10-17)25-18-5-4-8-20(15-18)28-19-6-2-1-3-7-19/h1-15H,16H2,(H,25,27). The minimum Gasteiger partial charge on any atom is -0.457 e. The molecule has 4 rings (SSSR count). The first-order valence-corrected chi connectivity index (χ1v) is 8.83. The second-order valence-electron chi connectivity index (χ2n) is 6.10. The summed E-state index contributed by atoms with van der Waals surface area (Å²) in [5, 5.41) is 7.15. The quantitative estimate of drug-likeness (QED) is 0.547. The lowest BCUT2D eigenvalue weighted by Gasteiger charge is -2.10. The summed E-state index contributed by atoms with van der Waals surface area (Å²) in [6.07, 6.45) is 5.10. The van der Waals surface area contributed by atoms with E-state index in [-0.39, 0.29) is 12.5 Å². The Morgan fingerprint density at radius 3 is 2.50 bits per heavy atom. The zero-order chi connectivity index (χ0) is 19.2. The number of aromatic nitrogens is 3. The Kier molecular flexibility index (Phi) is 5.11. The molecule has 0 atom stereocenters. The molecule has 0 radical (unpaired) electrons. The van der Waals surface area contributed by atoms with Crippen molar-refractivity contribution in [2.24, 2.45) is 0 Å². The Labute approximate surface area is 162 Å². The van der Waals surface area contributed by atoms with Gasteiger partial charge in [0.2, 0.25) is 5.91 Å². The van der Waals surface area contributed by atoms with Gasteiger partial charge in [-0.2, -0.15) is 5.10 Å². The van der Waals surface area contributed by atoms with E-state index in [1.807, 2.05) is 66.7 Å². The van der Waals surface area contributed by atoms with Crippen molar-refractivity contribution in [3.8, 4) is 22.8 Å². The number of anilines is 1. The number of pyridine rings is 1. The first-order chi connectivity index (χ1) is 13.8. The summed E-state index contributed by atoms with van der Waals surface area (Å²) in [6, 6.07) is 22.4. The molecule has 4 aromatic rings. The Balaban J connectivity index is 1.44. The van der Waals surface area contributed by atoms with E-state index in [1.54, 1.807) is 29.3 Å². The largest absolute Gasteiger partial charge is 0.457 e. The van der Waals surface area contributed by atoms with Gasteiger partial charge in [0.1, 0.15) is 18.0 Å². The number of rotatable bonds is 6. The lowest BCUT2D eigenvalue weighted by Crippen LogP contribution is -2.20. The van der Waals surface area contributed by atoms with Gasteiger partial charge in [-0.25, -0.2) is 0 Å². The van der Waals surface area contributed by atoms with Crippen LogP contribution in [0.25, 0.3) is 11.3 Å². The van der Waals surface area contributed by atoms with E-state index in [2.05, 4.69) is 15.4 Å². The molecule has 0 aliphatic rings. The van der Waals surface area contributed by atoms with Crippen molar-refractivity contribution in [3.63, 3.8) is 0 Å². The van der Waals surface area contributed by atoms with Crippen LogP contribution in [-0.2, 0) is 11.3 Å². The summed E-state index contributed by atoms with van der Waals surface area (Å²) in [4.78, 5) is 16.5. The molecule has 2 aromatic heterocycles. The van der Waals surface area contributed by atoms with Gasteiger partial charge in [-0.1, -0.05) is 24.3 Å². The molecular weight excluding hydrogens is 352 g/mol. The van der Waals surface area contributed by atoms with Gasteiger partial charge in [0.25, 0.3) is 0 Å². The Morgan fingerprint density at radius 2 is 1.68 bits per heavy atom. The summed E-state index contributed by atoms with van der Waals surface area (Å²) >= 11 is 0. The van der Waals surface area contributed by atoms with Gasteiger partial charge in [-0.3, -0.25) is 14.5 Å². The predicted octanol–water partition coefficient (Wildman–Crippen LogP) is 4.38. The van der Waals surface area contributed by atoms with E-state index < -0.39 is 0 Å². The van der Waals surface area contributed by atoms with Gasteiger partial charge < -0.3 is 10.1 Å². The highest BCUT2D eigenvalue weighted by molar-refractivity contribution is 5.91. The SMILES string of the molecule is O=C(Cn1nccc1-c1ccncc1)Nc1cccc(Oc2ccccc2)c1. The second-order valence-corrected chi connectivity index (χ2v) is 6.10. The minimum atomic E-state index is -0.170. The van der Waals surface area contributed by atoms with Crippen LogP contribution in [-0.4, -0.2) is 20.7 Å². The first-order valence-electron chi connectivity index (χ1n) is 8.83. The van der Waals surface area contributed by atoms with Crippen molar-refractivity contribution in [1.82, 2.24) is 14.8 Å². The van der Waals surface area contributed by atoms with Crippen LogP contribution in [0.15, 0.2) is 91.4 Å². The zero-order valence-electron chi connectivity index (χ0n) is 15.0. The summed E-state index contributed by atoms with van der Waals surface area (Å²) in [7, 11) is 0. The van der Waals surface area contributed by atoms with Gasteiger partial charge in [0.05, 0.1) is 5.69 Å². The fourth-order valence-electron chi connectivity index (χ4n) is 2.83. The number of carbonyl (C=O) groups excluding carboxylic acids is 1. The lowest BCUT2D eigenvalue weighted by molar-refractivity contribution is -0.116. The average molecular weight is 370 g/mol. The minimum absolute atomic E-state index is 0.106. The van der Waals surface area contributed by atoms with E-state index in [1.165, 1.54) is 0 Å². The lowest BCUT2D eigenvalue weighted by atomic mass is 10.2. The number of ether oxygens (including phenoxy) is 1. The third kappa shape index (κ3) is 4.24. The topological polar surface area (TPSA) is 69.0 Å². The molecule has 1 N–H and O–H groups in total. The maximum atomic E-state index is 12.5. The van der Waals surface area contributed by atoms with Crippen LogP contribution in [0.3, 0.4) is 0 Å². The predicted molar refractivity (Wildman–Crippen MR) is 107 cm³/mol. The molecule has 6 nitrogen and oxygen atoms in total. The van der Waals surface area contributed by atoms with Crippen molar-refractivity contribution >= 4 is 11.6 Å². The highest BCUT2D eigenvalue weighted by atomic mass is 16.5. The number of para-hydroxylation sites is 1. The molecule has 28 heavy (non-hydrogen) atoms. The van der Waals surface area contributed by atoms with Gasteiger partial charge >= 0.3 is 0 Å². The fraction of sp³-hybridized carbons (Fsp3) is 0.0455. The molecular formula is C22H18N4O2. The number of benzene rings is 2. The van der Waals surface area contributed by atoms with Crippen LogP contribution < -0.4 is 10.1 Å². The molecule has 0 bridgehead atoms. The van der Waals surface area contributed by atoms with E-state index in [0.717, 1.165) is 17.0 Å². The van der Waals surface area contributed by atoms with Gasteiger partial charge in [0.15, 0.2) is 0 Å². The molecule has 2 heterocycles. The number of carbonyl (C=O) groups is 1. The van der Waals surface area contributed by atoms with Crippen LogP contribution in [0.4, 0.5) is 5.69 Å². The Hall–Kier alpha value is -3.93. The normalized spacial score (nSPS) is 10.4. The summed E-state index contributed by atoms with van der Waals surface area (Å²) in [5.41, 5.74) is 2.48. The van der Waals surface area contributed by atoms with Crippen LogP contribution in [0.1, 0.15) is 0 Å². The second kappa shape index (κ2) is 8.18. The fourth-order valence-corrected chi connectivity index (χ4v) is 2.83.